The third kappa shape index (κ3) is 9.93. The first kappa shape index (κ1) is 30.5. The van der Waals surface area contributed by atoms with Crippen molar-refractivity contribution in [3.8, 4) is 0 Å². The van der Waals surface area contributed by atoms with Crippen LogP contribution in [0.2, 0.25) is 0 Å². The monoisotopic (exact) mass is 535 g/mol. The van der Waals surface area contributed by atoms with E-state index >= 15 is 0 Å². The Labute approximate surface area is 229 Å². The zero-order chi connectivity index (χ0) is 27.3. The maximum atomic E-state index is 12.0. The molecule has 0 aromatic rings. The van der Waals surface area contributed by atoms with Crippen LogP contribution in [-0.2, 0) is 4.79 Å². The third-order valence-electron chi connectivity index (χ3n) is 8.78. The number of carboxylic acids is 1. The summed E-state index contributed by atoms with van der Waals surface area (Å²) in [6, 6.07) is 1.27. The van der Waals surface area contributed by atoms with Crippen LogP contribution < -0.4 is 16.0 Å². The van der Waals surface area contributed by atoms with Gasteiger partial charge in [-0.15, -0.1) is 0 Å². The van der Waals surface area contributed by atoms with Gasteiger partial charge in [0.15, 0.2) is 0 Å². The van der Waals surface area contributed by atoms with Crippen LogP contribution in [0.3, 0.4) is 0 Å². The first-order chi connectivity index (χ1) is 18.3. The van der Waals surface area contributed by atoms with Crippen LogP contribution in [0.1, 0.15) is 117 Å². The van der Waals surface area contributed by atoms with Gasteiger partial charge < -0.3 is 30.9 Å². The minimum absolute atomic E-state index is 0.173. The summed E-state index contributed by atoms with van der Waals surface area (Å²) in [5, 5.41) is 18.5. The van der Waals surface area contributed by atoms with E-state index in [0.717, 1.165) is 51.1 Å². The Balaban J connectivity index is 0.000000174. The second-order valence-corrected chi connectivity index (χ2v) is 11.9. The number of rotatable bonds is 3. The van der Waals surface area contributed by atoms with Gasteiger partial charge in [0.25, 0.3) is 0 Å². The number of nitrogens with one attached hydrogen (secondary N) is 3. The number of urea groups is 2. The molecule has 5 aliphatic rings. The summed E-state index contributed by atoms with van der Waals surface area (Å²) < 4.78 is 0. The lowest BCUT2D eigenvalue weighted by molar-refractivity contribution is -0.141. The molecule has 0 bridgehead atoms. The van der Waals surface area contributed by atoms with E-state index in [1.165, 1.54) is 69.2 Å². The first-order valence-corrected chi connectivity index (χ1v) is 15.5. The highest BCUT2D eigenvalue weighted by Crippen LogP contribution is 2.22. The minimum atomic E-state index is -0.888. The molecule has 38 heavy (non-hydrogen) atoms. The van der Waals surface area contributed by atoms with Crippen molar-refractivity contribution < 1.29 is 19.5 Å². The molecule has 218 valence electrons. The normalized spacial score (nSPS) is 28.1. The molecule has 0 aromatic heterocycles. The van der Waals surface area contributed by atoms with Gasteiger partial charge in [-0.1, -0.05) is 38.5 Å². The predicted molar refractivity (Wildman–Crippen MR) is 150 cm³/mol. The number of carbonyl (C=O) groups excluding carboxylic acids is 2. The summed E-state index contributed by atoms with van der Waals surface area (Å²) in [5.74, 6) is -0.888. The lowest BCUT2D eigenvalue weighted by Crippen LogP contribution is -2.49. The molecular weight excluding hydrogens is 482 g/mol. The predicted octanol–water partition coefficient (Wildman–Crippen LogP) is 4.85. The standard InChI is InChI=1S/C12H20N2O3.C12H22N2O.C5H11N/c15-11(16)10-7-4-8-14(10)12(17)13-9-5-2-1-3-6-9;1-10-6-5-9-14(10)12(15)13-11-7-3-2-4-8-11;1-5-3-2-4-6-5/h9-10H,1-8H2,(H,13,17)(H,15,16);10-11H,2-9H2,1H3,(H,13,15);5-6H,2-4H2,1H3. The fourth-order valence-corrected chi connectivity index (χ4v) is 6.37. The molecule has 0 radical (unpaired) electrons. The van der Waals surface area contributed by atoms with E-state index in [0.29, 0.717) is 25.0 Å². The Morgan fingerprint density at radius 3 is 1.61 bits per heavy atom. The molecule has 2 saturated carbocycles. The van der Waals surface area contributed by atoms with Gasteiger partial charge in [0, 0.05) is 37.3 Å². The molecule has 3 atom stereocenters. The smallest absolute Gasteiger partial charge is 0.326 e. The van der Waals surface area contributed by atoms with Crippen LogP contribution in [0, 0.1) is 0 Å². The van der Waals surface area contributed by atoms with Gasteiger partial charge in [0.05, 0.1) is 0 Å². The molecule has 4 N–H and O–H groups in total. The second kappa shape index (κ2) is 16.2. The van der Waals surface area contributed by atoms with E-state index in [2.05, 4.69) is 29.8 Å². The Bertz CT molecular complexity index is 732. The molecule has 4 amide bonds. The number of hydrogen-bond acceptors (Lipinski definition) is 4. The van der Waals surface area contributed by atoms with Gasteiger partial charge >= 0.3 is 18.0 Å². The molecule has 0 aromatic carbocycles. The quantitative estimate of drug-likeness (QED) is 0.413. The number of aliphatic carboxylic acids is 1. The van der Waals surface area contributed by atoms with Crippen LogP contribution in [0.25, 0.3) is 0 Å². The summed E-state index contributed by atoms with van der Waals surface area (Å²) in [6.45, 7) is 7.12. The van der Waals surface area contributed by atoms with Gasteiger partial charge in [0.2, 0.25) is 0 Å². The summed E-state index contributed by atoms with van der Waals surface area (Å²) in [4.78, 5) is 38.4. The Morgan fingerprint density at radius 1 is 0.658 bits per heavy atom. The van der Waals surface area contributed by atoms with E-state index in [-0.39, 0.29) is 18.1 Å². The fraction of sp³-hybridized carbons (Fsp3) is 0.897. The molecular formula is C29H53N5O4. The molecule has 3 unspecified atom stereocenters. The van der Waals surface area contributed by atoms with Crippen molar-refractivity contribution >= 4 is 18.0 Å². The van der Waals surface area contributed by atoms with Gasteiger partial charge in [-0.25, -0.2) is 14.4 Å². The van der Waals surface area contributed by atoms with Crippen molar-refractivity contribution in [2.45, 2.75) is 147 Å². The number of amides is 4. The summed E-state index contributed by atoms with van der Waals surface area (Å²) in [6.07, 6.45) is 18.3. The zero-order valence-electron chi connectivity index (χ0n) is 23.9. The Kier molecular flexibility index (Phi) is 13.0. The Morgan fingerprint density at radius 2 is 1.18 bits per heavy atom. The van der Waals surface area contributed by atoms with Gasteiger partial charge in [-0.2, -0.15) is 0 Å². The highest BCUT2D eigenvalue weighted by molar-refractivity contribution is 5.83. The minimum Gasteiger partial charge on any atom is -0.480 e. The second-order valence-electron chi connectivity index (χ2n) is 11.9. The van der Waals surface area contributed by atoms with Crippen LogP contribution in [0.5, 0.6) is 0 Å². The topological polar surface area (TPSA) is 114 Å². The molecule has 5 fully saturated rings. The molecule has 2 aliphatic carbocycles. The number of carbonyl (C=O) groups is 3. The average Bonchev–Trinajstić information content (AvgIpc) is 3.68. The summed E-state index contributed by atoms with van der Waals surface area (Å²) in [5.41, 5.74) is 0. The van der Waals surface area contributed by atoms with Crippen molar-refractivity contribution in [1.82, 2.24) is 25.8 Å². The van der Waals surface area contributed by atoms with Crippen LogP contribution in [-0.4, -0.2) is 82.8 Å². The highest BCUT2D eigenvalue weighted by Gasteiger charge is 2.34. The van der Waals surface area contributed by atoms with Gasteiger partial charge in [-0.3, -0.25) is 0 Å². The molecule has 9 nitrogen and oxygen atoms in total. The van der Waals surface area contributed by atoms with Crippen molar-refractivity contribution in [3.63, 3.8) is 0 Å². The van der Waals surface area contributed by atoms with Crippen LogP contribution in [0.15, 0.2) is 0 Å². The van der Waals surface area contributed by atoms with Gasteiger partial charge in [-0.05, 0) is 84.6 Å². The van der Waals surface area contributed by atoms with Gasteiger partial charge in [0.1, 0.15) is 6.04 Å². The van der Waals surface area contributed by atoms with E-state index in [1.54, 1.807) is 0 Å². The molecule has 3 saturated heterocycles. The van der Waals surface area contributed by atoms with Crippen LogP contribution >= 0.6 is 0 Å². The lowest BCUT2D eigenvalue weighted by atomic mass is 9.96. The van der Waals surface area contributed by atoms with Crippen LogP contribution in [0.4, 0.5) is 9.59 Å². The van der Waals surface area contributed by atoms with E-state index in [4.69, 9.17) is 5.11 Å². The number of hydrogen-bond donors (Lipinski definition) is 4. The van der Waals surface area contributed by atoms with E-state index < -0.39 is 12.0 Å². The molecule has 3 heterocycles. The maximum Gasteiger partial charge on any atom is 0.326 e. The van der Waals surface area contributed by atoms with Crippen molar-refractivity contribution in [3.05, 3.63) is 0 Å². The Hall–Kier alpha value is -2.03. The fourth-order valence-electron chi connectivity index (χ4n) is 6.37. The zero-order valence-corrected chi connectivity index (χ0v) is 23.9. The average molecular weight is 536 g/mol. The lowest BCUT2D eigenvalue weighted by Gasteiger charge is -2.28. The third-order valence-corrected chi connectivity index (χ3v) is 8.78. The first-order valence-electron chi connectivity index (χ1n) is 15.5. The maximum absolute atomic E-state index is 12.0. The largest absolute Gasteiger partial charge is 0.480 e. The number of nitrogens with zero attached hydrogens (tertiary/aromatic N) is 2. The van der Waals surface area contributed by atoms with Crippen molar-refractivity contribution in [2.75, 3.05) is 19.6 Å². The number of likely N-dealkylation sites (tertiary alicyclic amines) is 2. The molecule has 0 spiro atoms. The summed E-state index contributed by atoms with van der Waals surface area (Å²) in [7, 11) is 0. The molecule has 3 aliphatic heterocycles. The molecule has 5 rings (SSSR count). The van der Waals surface area contributed by atoms with E-state index in [1.807, 2.05) is 4.90 Å². The SMILES string of the molecule is CC1CCCN1.CC1CCCN1C(=O)NC1CCCCC1.O=C(O)C1CCCN1C(=O)NC1CCCCC1. The molecule has 9 heteroatoms. The van der Waals surface area contributed by atoms with Crippen molar-refractivity contribution in [1.29, 1.82) is 0 Å². The van der Waals surface area contributed by atoms with E-state index in [9.17, 15) is 14.4 Å². The van der Waals surface area contributed by atoms with Crippen molar-refractivity contribution in [2.24, 2.45) is 0 Å². The summed E-state index contributed by atoms with van der Waals surface area (Å²) >= 11 is 0. The number of carboxylic acid groups (broad SMARTS) is 1. The highest BCUT2D eigenvalue weighted by atomic mass is 16.4.